The summed E-state index contributed by atoms with van der Waals surface area (Å²) < 4.78 is 15.4. The van der Waals surface area contributed by atoms with Crippen LogP contribution in [0.2, 0.25) is 0 Å². The van der Waals surface area contributed by atoms with Crippen LogP contribution >= 0.6 is 34.4 Å². The normalized spacial score (nSPS) is 34.7. The van der Waals surface area contributed by atoms with Crippen molar-refractivity contribution in [3.8, 4) is 0 Å². The quantitative estimate of drug-likeness (QED) is 0.470. The third-order valence-corrected chi connectivity index (χ3v) is 5.19. The number of hydrogen-bond acceptors (Lipinski definition) is 7. The zero-order valence-corrected chi connectivity index (χ0v) is 12.4. The molecule has 0 spiro atoms. The highest BCUT2D eigenvalue weighted by Crippen LogP contribution is 2.48. The Morgan fingerprint density at radius 1 is 1.68 bits per heavy atom. The monoisotopic (exact) mass is 403 g/mol. The molecule has 0 aliphatic carbocycles. The lowest BCUT2D eigenvalue weighted by molar-refractivity contribution is -0.173. The van der Waals surface area contributed by atoms with Crippen molar-refractivity contribution in [2.24, 2.45) is 0 Å². The van der Waals surface area contributed by atoms with E-state index in [4.69, 9.17) is 10.8 Å². The van der Waals surface area contributed by atoms with Crippen LogP contribution in [0.4, 0.5) is 10.2 Å². The number of hydrogen-bond donors (Lipinski definition) is 4. The van der Waals surface area contributed by atoms with Crippen molar-refractivity contribution in [1.82, 2.24) is 9.55 Å². The van der Waals surface area contributed by atoms with Crippen LogP contribution in [0.3, 0.4) is 0 Å². The molecule has 106 valence electrons. The molecule has 0 saturated carbocycles. The van der Waals surface area contributed by atoms with Gasteiger partial charge in [0.05, 0.1) is 15.4 Å². The second-order valence-electron chi connectivity index (χ2n) is 4.05. The number of aromatic nitrogens is 2. The Morgan fingerprint density at radius 2 is 2.32 bits per heavy atom. The minimum atomic E-state index is -3.04. The van der Waals surface area contributed by atoms with E-state index >= 15 is 0 Å². The van der Waals surface area contributed by atoms with Crippen LogP contribution in [0.1, 0.15) is 5.37 Å². The molecule has 5 N–H and O–H groups in total. The Kier molecular flexibility index (Phi) is 4.07. The molecule has 1 aliphatic rings. The Morgan fingerprint density at radius 3 is 2.84 bits per heavy atom. The van der Waals surface area contributed by atoms with E-state index in [1.54, 1.807) is 0 Å². The van der Waals surface area contributed by atoms with Crippen LogP contribution in [-0.2, 0) is 0 Å². The summed E-state index contributed by atoms with van der Waals surface area (Å²) in [5, 5.41) is 26.0. The van der Waals surface area contributed by atoms with E-state index in [2.05, 4.69) is 4.98 Å². The largest absolute Gasteiger partial charge is 0.395 e. The summed E-state index contributed by atoms with van der Waals surface area (Å²) in [6, 6.07) is 0. The molecule has 10 heteroatoms. The van der Waals surface area contributed by atoms with Gasteiger partial charge in [0, 0.05) is 6.20 Å². The summed E-state index contributed by atoms with van der Waals surface area (Å²) in [5.41, 5.74) is 4.62. The van der Waals surface area contributed by atoms with Crippen molar-refractivity contribution in [2.75, 3.05) is 12.3 Å². The molecule has 1 aromatic heterocycles. The van der Waals surface area contributed by atoms with Gasteiger partial charge in [-0.3, -0.25) is 4.57 Å². The molecule has 1 aliphatic heterocycles. The number of thioether (sulfide) groups is 1. The number of anilines is 1. The van der Waals surface area contributed by atoms with E-state index in [-0.39, 0.29) is 5.82 Å². The van der Waals surface area contributed by atoms with Gasteiger partial charge < -0.3 is 21.1 Å². The Balaban J connectivity index is 2.48. The van der Waals surface area contributed by atoms with Crippen molar-refractivity contribution in [2.45, 2.75) is 22.6 Å². The lowest BCUT2D eigenvalue weighted by atomic mass is 10.1. The van der Waals surface area contributed by atoms with Crippen molar-refractivity contribution < 1.29 is 19.7 Å². The molecule has 19 heavy (non-hydrogen) atoms. The van der Waals surface area contributed by atoms with Crippen molar-refractivity contribution in [3.63, 3.8) is 0 Å². The van der Waals surface area contributed by atoms with Gasteiger partial charge in [-0.15, -0.1) is 11.8 Å². The predicted octanol–water partition coefficient (Wildman–Crippen LogP) is -0.945. The van der Waals surface area contributed by atoms with Crippen molar-refractivity contribution >= 4 is 40.2 Å². The maximum absolute atomic E-state index is 14.2. The molecule has 0 amide bonds. The zero-order chi connectivity index (χ0) is 14.4. The van der Waals surface area contributed by atoms with Gasteiger partial charge in [-0.1, -0.05) is 0 Å². The third-order valence-electron chi connectivity index (χ3n) is 2.78. The fourth-order valence-corrected chi connectivity index (χ4v) is 3.56. The van der Waals surface area contributed by atoms with E-state index in [0.29, 0.717) is 3.57 Å². The molecule has 0 unspecified atom stereocenters. The first-order valence-electron chi connectivity index (χ1n) is 5.19. The first-order chi connectivity index (χ1) is 8.78. The Hall–Kier alpha value is -0.430. The van der Waals surface area contributed by atoms with Gasteiger partial charge in [0.25, 0.3) is 5.85 Å². The number of aliphatic hydroxyl groups is 3. The Labute approximate surface area is 124 Å². The smallest absolute Gasteiger partial charge is 0.350 e. The minimum Gasteiger partial charge on any atom is -0.395 e. The van der Waals surface area contributed by atoms with E-state index in [9.17, 15) is 19.4 Å². The highest BCUT2D eigenvalue weighted by Gasteiger charge is 2.56. The maximum atomic E-state index is 14.2. The van der Waals surface area contributed by atoms with E-state index < -0.39 is 34.9 Å². The van der Waals surface area contributed by atoms with Crippen LogP contribution in [0.15, 0.2) is 11.0 Å². The molecule has 1 fully saturated rings. The average molecular weight is 403 g/mol. The number of rotatable bonds is 2. The first-order valence-corrected chi connectivity index (χ1v) is 7.21. The third kappa shape index (κ3) is 2.46. The fourth-order valence-electron chi connectivity index (χ4n) is 1.77. The highest BCUT2D eigenvalue weighted by atomic mass is 127. The molecule has 2 rings (SSSR count). The molecule has 7 nitrogen and oxygen atoms in total. The molecular formula is C9H11FIN3O4S. The van der Waals surface area contributed by atoms with Gasteiger partial charge >= 0.3 is 5.69 Å². The fraction of sp³-hybridized carbons (Fsp3) is 0.556. The standard InChI is InChI=1S/C9H11FIN3O4S/c10-9(18)5(16)4(2-15)19-7(9)14-1-3(11)6(12)13-8(14)17/h1,4-5,7,15-16,18H,2H2,(H2,12,13,17)/t4-,5-,7-,9+/m1/s1. The molecule has 0 bridgehead atoms. The SMILES string of the molecule is Nc1nc(=O)n([C@@H]2S[C@H](CO)[C@@H](O)[C@@]2(O)F)cc1I. The number of nitrogens with zero attached hydrogens (tertiary/aromatic N) is 2. The number of halogens is 2. The maximum Gasteiger partial charge on any atom is 0.350 e. The summed E-state index contributed by atoms with van der Waals surface area (Å²) in [5.74, 6) is -3.03. The molecular weight excluding hydrogens is 392 g/mol. The molecule has 2 heterocycles. The van der Waals surface area contributed by atoms with Crippen LogP contribution < -0.4 is 11.4 Å². The number of nitrogen functional groups attached to an aromatic ring is 1. The van der Waals surface area contributed by atoms with E-state index in [1.165, 1.54) is 6.20 Å². The van der Waals surface area contributed by atoms with E-state index in [0.717, 1.165) is 16.3 Å². The molecule has 1 aromatic rings. The average Bonchev–Trinajstić information content (AvgIpc) is 2.56. The summed E-state index contributed by atoms with van der Waals surface area (Å²) in [4.78, 5) is 15.2. The number of nitrogens with two attached hydrogens (primary N) is 1. The predicted molar refractivity (Wildman–Crippen MR) is 75.2 cm³/mol. The summed E-state index contributed by atoms with van der Waals surface area (Å²) in [7, 11) is 0. The Bertz CT molecular complexity index is 555. The molecule has 1 saturated heterocycles. The second-order valence-corrected chi connectivity index (χ2v) is 6.53. The summed E-state index contributed by atoms with van der Waals surface area (Å²) in [6.45, 7) is -0.525. The van der Waals surface area contributed by atoms with Crippen LogP contribution in [0, 0.1) is 3.57 Å². The van der Waals surface area contributed by atoms with Crippen molar-refractivity contribution in [1.29, 1.82) is 0 Å². The lowest BCUT2D eigenvalue weighted by Crippen LogP contribution is -2.45. The molecule has 0 aromatic carbocycles. The van der Waals surface area contributed by atoms with Gasteiger partial charge in [0.2, 0.25) is 0 Å². The van der Waals surface area contributed by atoms with Gasteiger partial charge in [0.1, 0.15) is 17.3 Å². The zero-order valence-electron chi connectivity index (χ0n) is 9.40. The van der Waals surface area contributed by atoms with Gasteiger partial charge in [0.15, 0.2) is 0 Å². The van der Waals surface area contributed by atoms with Crippen LogP contribution in [0.25, 0.3) is 0 Å². The molecule has 0 radical (unpaired) electrons. The number of aliphatic hydroxyl groups excluding tert-OH is 2. The van der Waals surface area contributed by atoms with Gasteiger partial charge in [-0.25, -0.2) is 9.18 Å². The van der Waals surface area contributed by atoms with Crippen molar-refractivity contribution in [3.05, 3.63) is 20.3 Å². The van der Waals surface area contributed by atoms with Crippen LogP contribution in [-0.4, -0.2) is 48.7 Å². The van der Waals surface area contributed by atoms with Crippen LogP contribution in [0.5, 0.6) is 0 Å². The summed E-state index contributed by atoms with van der Waals surface area (Å²) >= 11 is 2.57. The number of alkyl halides is 1. The van der Waals surface area contributed by atoms with Gasteiger partial charge in [-0.2, -0.15) is 4.98 Å². The minimum absolute atomic E-state index is 0.00602. The second kappa shape index (κ2) is 5.16. The topological polar surface area (TPSA) is 122 Å². The molecule has 4 atom stereocenters. The first kappa shape index (κ1) is 15.0. The van der Waals surface area contributed by atoms with E-state index in [1.807, 2.05) is 22.6 Å². The lowest BCUT2D eigenvalue weighted by Gasteiger charge is -2.24. The highest BCUT2D eigenvalue weighted by molar-refractivity contribution is 14.1. The summed E-state index contributed by atoms with van der Waals surface area (Å²) in [6.07, 6.45) is -0.547. The van der Waals surface area contributed by atoms with Gasteiger partial charge in [-0.05, 0) is 22.6 Å².